The Hall–Kier alpha value is -1.30. The van der Waals surface area contributed by atoms with Crippen molar-refractivity contribution in [3.63, 3.8) is 0 Å². The summed E-state index contributed by atoms with van der Waals surface area (Å²) in [5.41, 5.74) is 0.206. The van der Waals surface area contributed by atoms with E-state index in [0.29, 0.717) is 23.4 Å². The Morgan fingerprint density at radius 2 is 2.22 bits per heavy atom. The maximum atomic E-state index is 12.6. The highest BCUT2D eigenvalue weighted by atomic mass is 32.2. The molecule has 1 aliphatic heterocycles. The Kier molecular flexibility index (Phi) is 4.54. The molecule has 2 aliphatic rings. The number of amides is 1. The van der Waals surface area contributed by atoms with E-state index in [9.17, 15) is 9.59 Å². The van der Waals surface area contributed by atoms with Crippen LogP contribution in [0.5, 0.6) is 0 Å². The lowest BCUT2D eigenvalue weighted by Gasteiger charge is -2.39. The van der Waals surface area contributed by atoms with Crippen molar-refractivity contribution in [3.05, 3.63) is 22.6 Å². The zero-order valence-corrected chi connectivity index (χ0v) is 14.9. The number of carbonyl (C=O) groups is 1. The van der Waals surface area contributed by atoms with Gasteiger partial charge in [0.1, 0.15) is 0 Å². The summed E-state index contributed by atoms with van der Waals surface area (Å²) in [4.78, 5) is 28.8. The van der Waals surface area contributed by atoms with Crippen LogP contribution < -0.4 is 10.9 Å². The van der Waals surface area contributed by atoms with Crippen LogP contribution in [-0.2, 0) is 11.3 Å². The topological polar surface area (TPSA) is 64.0 Å². The van der Waals surface area contributed by atoms with Gasteiger partial charge in [-0.1, -0.05) is 32.5 Å². The smallest absolute Gasteiger partial charge is 0.254 e. The molecule has 1 saturated carbocycles. The van der Waals surface area contributed by atoms with Crippen LogP contribution in [0.15, 0.2) is 22.2 Å². The third-order valence-corrected chi connectivity index (χ3v) is 5.97. The van der Waals surface area contributed by atoms with Crippen LogP contribution in [0.3, 0.4) is 0 Å². The first-order valence-electron chi connectivity index (χ1n) is 8.33. The molecule has 3 unspecified atom stereocenters. The number of hydrogen-bond acceptors (Lipinski definition) is 4. The number of fused-ring (bicyclic) bond motifs is 1. The lowest BCUT2D eigenvalue weighted by molar-refractivity contribution is -0.126. The summed E-state index contributed by atoms with van der Waals surface area (Å²) >= 11 is 1.49. The highest BCUT2D eigenvalue weighted by Crippen LogP contribution is 2.38. The van der Waals surface area contributed by atoms with Gasteiger partial charge in [-0.2, -0.15) is 0 Å². The van der Waals surface area contributed by atoms with Gasteiger partial charge in [0.2, 0.25) is 5.91 Å². The fourth-order valence-electron chi connectivity index (χ4n) is 4.08. The first-order chi connectivity index (χ1) is 10.8. The minimum Gasteiger partial charge on any atom is -0.353 e. The molecular weight excluding hydrogens is 310 g/mol. The highest BCUT2D eigenvalue weighted by molar-refractivity contribution is 7.99. The number of aromatic nitrogens is 2. The van der Waals surface area contributed by atoms with Crippen molar-refractivity contribution < 1.29 is 4.79 Å². The third-order valence-electron chi connectivity index (χ3n) is 4.82. The van der Waals surface area contributed by atoms with Crippen LogP contribution >= 0.6 is 11.8 Å². The van der Waals surface area contributed by atoms with Gasteiger partial charge < -0.3 is 5.32 Å². The number of rotatable bonds is 2. The molecule has 1 aliphatic carbocycles. The van der Waals surface area contributed by atoms with Gasteiger partial charge in [0, 0.05) is 30.6 Å². The fraction of sp³-hybridized carbons (Fsp3) is 0.706. The molecule has 1 N–H and O–H groups in total. The van der Waals surface area contributed by atoms with E-state index in [2.05, 4.69) is 31.1 Å². The summed E-state index contributed by atoms with van der Waals surface area (Å²) in [5, 5.41) is 3.95. The molecule has 3 rings (SSSR count). The Bertz CT molecular complexity index is 655. The molecule has 0 spiro atoms. The second-order valence-electron chi connectivity index (χ2n) is 7.80. The minimum absolute atomic E-state index is 0.0765. The molecule has 1 aromatic rings. The van der Waals surface area contributed by atoms with Crippen molar-refractivity contribution in [2.24, 2.45) is 17.3 Å². The van der Waals surface area contributed by atoms with E-state index in [1.807, 2.05) is 0 Å². The first kappa shape index (κ1) is 16.6. The first-order valence-corrected chi connectivity index (χ1v) is 9.32. The van der Waals surface area contributed by atoms with Gasteiger partial charge in [-0.3, -0.25) is 14.2 Å². The standard InChI is InChI=1S/C17H25N3O2S/c1-11-6-13(8-17(2,3)7-11)19-15(22)12-9-20-14(21)4-5-18-16(20)23-10-12/h4-5,11-13H,6-10H2,1-3H3,(H,19,22). The van der Waals surface area contributed by atoms with Crippen LogP contribution in [0.4, 0.5) is 0 Å². The van der Waals surface area contributed by atoms with E-state index in [0.717, 1.165) is 12.8 Å². The van der Waals surface area contributed by atoms with Gasteiger partial charge in [-0.05, 0) is 30.6 Å². The lowest BCUT2D eigenvalue weighted by Crippen LogP contribution is -2.47. The monoisotopic (exact) mass is 335 g/mol. The van der Waals surface area contributed by atoms with E-state index >= 15 is 0 Å². The predicted octanol–water partition coefficient (Wildman–Crippen LogP) is 2.30. The quantitative estimate of drug-likeness (QED) is 0.842. The van der Waals surface area contributed by atoms with Gasteiger partial charge in [-0.25, -0.2) is 4.98 Å². The SMILES string of the molecule is CC1CC(NC(=O)C2CSc3nccc(=O)n3C2)CC(C)(C)C1. The van der Waals surface area contributed by atoms with Gasteiger partial charge in [-0.15, -0.1) is 0 Å². The number of thioether (sulfide) groups is 1. The molecule has 0 radical (unpaired) electrons. The summed E-state index contributed by atoms with van der Waals surface area (Å²) in [6.45, 7) is 7.25. The molecule has 0 saturated heterocycles. The lowest BCUT2D eigenvalue weighted by atomic mass is 9.70. The largest absolute Gasteiger partial charge is 0.353 e. The number of carbonyl (C=O) groups excluding carboxylic acids is 1. The molecule has 0 bridgehead atoms. The molecule has 6 heteroatoms. The molecule has 0 aromatic carbocycles. The summed E-state index contributed by atoms with van der Waals surface area (Å²) in [7, 11) is 0. The molecule has 5 nitrogen and oxygen atoms in total. The Balaban J connectivity index is 1.66. The van der Waals surface area contributed by atoms with Gasteiger partial charge >= 0.3 is 0 Å². The second-order valence-corrected chi connectivity index (χ2v) is 8.79. The Morgan fingerprint density at radius 3 is 2.96 bits per heavy atom. The van der Waals surface area contributed by atoms with E-state index in [1.165, 1.54) is 30.4 Å². The Morgan fingerprint density at radius 1 is 1.43 bits per heavy atom. The van der Waals surface area contributed by atoms with Crippen LogP contribution in [0.25, 0.3) is 0 Å². The van der Waals surface area contributed by atoms with Crippen LogP contribution in [0.1, 0.15) is 40.0 Å². The van der Waals surface area contributed by atoms with Crippen molar-refractivity contribution >= 4 is 17.7 Å². The van der Waals surface area contributed by atoms with Crippen molar-refractivity contribution in [3.8, 4) is 0 Å². The van der Waals surface area contributed by atoms with Crippen molar-refractivity contribution in [2.45, 2.75) is 57.8 Å². The van der Waals surface area contributed by atoms with Gasteiger partial charge in [0.15, 0.2) is 5.16 Å². The van der Waals surface area contributed by atoms with Crippen LogP contribution in [0, 0.1) is 17.3 Å². The fourth-order valence-corrected chi connectivity index (χ4v) is 5.15. The molecule has 23 heavy (non-hydrogen) atoms. The normalized spacial score (nSPS) is 29.6. The van der Waals surface area contributed by atoms with Crippen molar-refractivity contribution in [2.75, 3.05) is 5.75 Å². The maximum Gasteiger partial charge on any atom is 0.254 e. The molecule has 1 aromatic heterocycles. The summed E-state index contributed by atoms with van der Waals surface area (Å²) < 4.78 is 1.62. The summed E-state index contributed by atoms with van der Waals surface area (Å²) in [5.74, 6) is 1.24. The molecule has 2 heterocycles. The third kappa shape index (κ3) is 3.79. The number of hydrogen-bond donors (Lipinski definition) is 1. The molecule has 1 amide bonds. The zero-order chi connectivity index (χ0) is 16.6. The number of nitrogens with one attached hydrogen (secondary N) is 1. The molecule has 3 atom stereocenters. The van der Waals surface area contributed by atoms with E-state index < -0.39 is 0 Å². The van der Waals surface area contributed by atoms with Gasteiger partial charge in [0.05, 0.1) is 5.92 Å². The minimum atomic E-state index is -0.158. The zero-order valence-electron chi connectivity index (χ0n) is 14.0. The number of nitrogens with zero attached hydrogens (tertiary/aromatic N) is 2. The van der Waals surface area contributed by atoms with Crippen LogP contribution in [0.2, 0.25) is 0 Å². The predicted molar refractivity (Wildman–Crippen MR) is 91.4 cm³/mol. The Labute approximate surface area is 141 Å². The average Bonchev–Trinajstić information content (AvgIpc) is 2.45. The summed E-state index contributed by atoms with van der Waals surface area (Å²) in [6, 6.07) is 1.70. The van der Waals surface area contributed by atoms with Crippen molar-refractivity contribution in [1.29, 1.82) is 0 Å². The van der Waals surface area contributed by atoms with Crippen LogP contribution in [-0.4, -0.2) is 27.3 Å². The van der Waals surface area contributed by atoms with Gasteiger partial charge in [0.25, 0.3) is 5.56 Å². The van der Waals surface area contributed by atoms with Crippen molar-refractivity contribution in [1.82, 2.24) is 14.9 Å². The van der Waals surface area contributed by atoms with E-state index in [-0.39, 0.29) is 28.8 Å². The molecular formula is C17H25N3O2S. The van der Waals surface area contributed by atoms with E-state index in [1.54, 1.807) is 4.57 Å². The molecule has 126 valence electrons. The average molecular weight is 335 g/mol. The summed E-state index contributed by atoms with van der Waals surface area (Å²) in [6.07, 6.45) is 4.83. The maximum absolute atomic E-state index is 12.6. The highest BCUT2D eigenvalue weighted by Gasteiger charge is 2.34. The molecule has 1 fully saturated rings. The second kappa shape index (κ2) is 6.30. The van der Waals surface area contributed by atoms with E-state index in [4.69, 9.17) is 0 Å².